The standard InChI is InChI=1S/C14H23NO3/c1-5-17-9-10-18-13-8-6-7-12(16-4)14(13)11(2)15-3/h6-8,11,15H,5,9-10H2,1-4H3. The first kappa shape index (κ1) is 14.8. The molecule has 1 aromatic carbocycles. The summed E-state index contributed by atoms with van der Waals surface area (Å²) in [5, 5.41) is 3.21. The van der Waals surface area contributed by atoms with Crippen LogP contribution >= 0.6 is 0 Å². The van der Waals surface area contributed by atoms with Gasteiger partial charge in [-0.25, -0.2) is 0 Å². The lowest BCUT2D eigenvalue weighted by molar-refractivity contribution is 0.109. The normalized spacial score (nSPS) is 12.2. The van der Waals surface area contributed by atoms with E-state index in [1.165, 1.54) is 0 Å². The van der Waals surface area contributed by atoms with Crippen LogP contribution in [0.1, 0.15) is 25.5 Å². The second-order valence-corrected chi connectivity index (χ2v) is 3.93. The van der Waals surface area contributed by atoms with Gasteiger partial charge in [-0.15, -0.1) is 0 Å². The predicted octanol–water partition coefficient (Wildman–Crippen LogP) is 2.39. The molecule has 0 aromatic heterocycles. The van der Waals surface area contributed by atoms with Crippen LogP contribution in [0.5, 0.6) is 11.5 Å². The first-order valence-electron chi connectivity index (χ1n) is 6.29. The fraction of sp³-hybridized carbons (Fsp3) is 0.571. The van der Waals surface area contributed by atoms with Gasteiger partial charge in [-0.2, -0.15) is 0 Å². The molecule has 0 saturated carbocycles. The molecule has 4 nitrogen and oxygen atoms in total. The number of hydrogen-bond acceptors (Lipinski definition) is 4. The van der Waals surface area contributed by atoms with Gasteiger partial charge in [0.05, 0.1) is 19.3 Å². The zero-order valence-electron chi connectivity index (χ0n) is 11.7. The SMILES string of the molecule is CCOCCOc1cccc(OC)c1C(C)NC. The number of nitrogens with one attached hydrogen (secondary N) is 1. The van der Waals surface area contributed by atoms with Crippen LogP contribution < -0.4 is 14.8 Å². The van der Waals surface area contributed by atoms with Crippen molar-refractivity contribution in [3.63, 3.8) is 0 Å². The summed E-state index contributed by atoms with van der Waals surface area (Å²) in [5.41, 5.74) is 1.04. The average molecular weight is 253 g/mol. The Hall–Kier alpha value is -1.26. The van der Waals surface area contributed by atoms with E-state index in [0.717, 1.165) is 17.1 Å². The summed E-state index contributed by atoms with van der Waals surface area (Å²) in [6.07, 6.45) is 0. The molecule has 0 spiro atoms. The summed E-state index contributed by atoms with van der Waals surface area (Å²) >= 11 is 0. The highest BCUT2D eigenvalue weighted by Gasteiger charge is 2.15. The molecule has 1 N–H and O–H groups in total. The molecule has 0 bridgehead atoms. The van der Waals surface area contributed by atoms with E-state index in [-0.39, 0.29) is 6.04 Å². The highest BCUT2D eigenvalue weighted by atomic mass is 16.5. The number of rotatable bonds is 8. The number of methoxy groups -OCH3 is 1. The van der Waals surface area contributed by atoms with E-state index < -0.39 is 0 Å². The van der Waals surface area contributed by atoms with Crippen molar-refractivity contribution in [3.8, 4) is 11.5 Å². The van der Waals surface area contributed by atoms with Gasteiger partial charge in [0.1, 0.15) is 18.1 Å². The fourth-order valence-corrected chi connectivity index (χ4v) is 1.75. The molecule has 1 unspecified atom stereocenters. The van der Waals surface area contributed by atoms with Gasteiger partial charge in [-0.3, -0.25) is 0 Å². The Morgan fingerprint density at radius 3 is 2.56 bits per heavy atom. The Bertz CT molecular complexity index is 355. The van der Waals surface area contributed by atoms with Crippen LogP contribution in [0.3, 0.4) is 0 Å². The molecule has 0 aliphatic carbocycles. The molecule has 0 aliphatic rings. The maximum absolute atomic E-state index is 5.76. The molecule has 0 fully saturated rings. The van der Waals surface area contributed by atoms with Crippen LogP contribution in [-0.2, 0) is 4.74 Å². The Morgan fingerprint density at radius 2 is 1.94 bits per heavy atom. The first-order chi connectivity index (χ1) is 8.74. The van der Waals surface area contributed by atoms with Gasteiger partial charge >= 0.3 is 0 Å². The third-order valence-electron chi connectivity index (χ3n) is 2.80. The molecule has 102 valence electrons. The quantitative estimate of drug-likeness (QED) is 0.722. The minimum absolute atomic E-state index is 0.170. The summed E-state index contributed by atoms with van der Waals surface area (Å²) in [5.74, 6) is 1.68. The molecule has 0 saturated heterocycles. The van der Waals surface area contributed by atoms with Crippen LogP contribution in [-0.4, -0.2) is 34.0 Å². The summed E-state index contributed by atoms with van der Waals surface area (Å²) in [7, 11) is 3.59. The average Bonchev–Trinajstić information content (AvgIpc) is 2.42. The lowest BCUT2D eigenvalue weighted by Gasteiger charge is -2.19. The van der Waals surface area contributed by atoms with E-state index in [1.807, 2.05) is 32.2 Å². The molecular formula is C14H23NO3. The number of ether oxygens (including phenoxy) is 3. The van der Waals surface area contributed by atoms with Gasteiger partial charge in [0.15, 0.2) is 0 Å². The number of benzene rings is 1. The minimum Gasteiger partial charge on any atom is -0.496 e. The molecule has 0 heterocycles. The predicted molar refractivity (Wildman–Crippen MR) is 72.5 cm³/mol. The molecule has 4 heteroatoms. The van der Waals surface area contributed by atoms with E-state index in [4.69, 9.17) is 14.2 Å². The molecule has 18 heavy (non-hydrogen) atoms. The highest BCUT2D eigenvalue weighted by molar-refractivity contribution is 5.46. The van der Waals surface area contributed by atoms with Gasteiger partial charge in [0.2, 0.25) is 0 Å². The summed E-state index contributed by atoms with van der Waals surface area (Å²) in [6.45, 7) is 5.90. The molecular weight excluding hydrogens is 230 g/mol. The van der Waals surface area contributed by atoms with Crippen molar-refractivity contribution in [2.75, 3.05) is 34.0 Å². The zero-order chi connectivity index (χ0) is 13.4. The Morgan fingerprint density at radius 1 is 1.22 bits per heavy atom. The first-order valence-corrected chi connectivity index (χ1v) is 6.29. The van der Waals surface area contributed by atoms with Gasteiger partial charge in [-0.1, -0.05) is 6.07 Å². The van der Waals surface area contributed by atoms with Crippen molar-refractivity contribution in [2.24, 2.45) is 0 Å². The summed E-state index contributed by atoms with van der Waals surface area (Å²) in [4.78, 5) is 0. The van der Waals surface area contributed by atoms with Crippen LogP contribution in [0, 0.1) is 0 Å². The van der Waals surface area contributed by atoms with Crippen LogP contribution in [0.25, 0.3) is 0 Å². The maximum Gasteiger partial charge on any atom is 0.127 e. The topological polar surface area (TPSA) is 39.7 Å². The summed E-state index contributed by atoms with van der Waals surface area (Å²) < 4.78 is 16.4. The van der Waals surface area contributed by atoms with Crippen LogP contribution in [0.15, 0.2) is 18.2 Å². The van der Waals surface area contributed by atoms with Gasteiger partial charge < -0.3 is 19.5 Å². The van der Waals surface area contributed by atoms with E-state index in [1.54, 1.807) is 7.11 Å². The largest absolute Gasteiger partial charge is 0.496 e. The second kappa shape index (κ2) is 7.95. The fourth-order valence-electron chi connectivity index (χ4n) is 1.75. The van der Waals surface area contributed by atoms with Crippen molar-refractivity contribution in [1.29, 1.82) is 0 Å². The smallest absolute Gasteiger partial charge is 0.127 e. The molecule has 1 rings (SSSR count). The van der Waals surface area contributed by atoms with E-state index in [9.17, 15) is 0 Å². The molecule has 0 radical (unpaired) electrons. The van der Waals surface area contributed by atoms with Crippen LogP contribution in [0.4, 0.5) is 0 Å². The lowest BCUT2D eigenvalue weighted by atomic mass is 10.1. The van der Waals surface area contributed by atoms with Crippen molar-refractivity contribution >= 4 is 0 Å². The van der Waals surface area contributed by atoms with Crippen molar-refractivity contribution < 1.29 is 14.2 Å². The second-order valence-electron chi connectivity index (χ2n) is 3.93. The van der Waals surface area contributed by atoms with Crippen LogP contribution in [0.2, 0.25) is 0 Å². The third-order valence-corrected chi connectivity index (χ3v) is 2.80. The van der Waals surface area contributed by atoms with Gasteiger partial charge in [-0.05, 0) is 33.0 Å². The van der Waals surface area contributed by atoms with Crippen molar-refractivity contribution in [1.82, 2.24) is 5.32 Å². The van der Waals surface area contributed by atoms with Crippen molar-refractivity contribution in [2.45, 2.75) is 19.9 Å². The molecule has 1 aromatic rings. The van der Waals surface area contributed by atoms with E-state index in [0.29, 0.717) is 19.8 Å². The lowest BCUT2D eigenvalue weighted by Crippen LogP contribution is -2.16. The van der Waals surface area contributed by atoms with E-state index >= 15 is 0 Å². The monoisotopic (exact) mass is 253 g/mol. The molecule has 1 atom stereocenters. The Balaban J connectivity index is 2.81. The molecule has 0 amide bonds. The zero-order valence-corrected chi connectivity index (χ0v) is 11.7. The number of hydrogen-bond donors (Lipinski definition) is 1. The van der Waals surface area contributed by atoms with Gasteiger partial charge in [0.25, 0.3) is 0 Å². The van der Waals surface area contributed by atoms with Gasteiger partial charge in [0, 0.05) is 12.6 Å². The minimum atomic E-state index is 0.170. The third kappa shape index (κ3) is 3.89. The maximum atomic E-state index is 5.76. The molecule has 0 aliphatic heterocycles. The highest BCUT2D eigenvalue weighted by Crippen LogP contribution is 2.33. The van der Waals surface area contributed by atoms with Crippen molar-refractivity contribution in [3.05, 3.63) is 23.8 Å². The summed E-state index contributed by atoms with van der Waals surface area (Å²) in [6, 6.07) is 6.00. The Labute approximate surface area is 109 Å². The Kier molecular flexibility index (Phi) is 6.54. The van der Waals surface area contributed by atoms with E-state index in [2.05, 4.69) is 12.2 Å².